The average Bonchev–Trinajstić information content (AvgIpc) is 3.08. The number of benzene rings is 1. The van der Waals surface area contributed by atoms with Crippen LogP contribution < -0.4 is 5.32 Å². The molecule has 3 rings (SSSR count). The quantitative estimate of drug-likeness (QED) is 0.724. The number of carbonyl (C=O) groups is 1. The molecule has 1 N–H and O–H groups in total. The summed E-state index contributed by atoms with van der Waals surface area (Å²) >= 11 is 5.96. The van der Waals surface area contributed by atoms with Gasteiger partial charge in [-0.1, -0.05) is 24.1 Å². The summed E-state index contributed by atoms with van der Waals surface area (Å²) in [5, 5.41) is 7.27. The molecule has 1 aliphatic rings. The number of piperidine rings is 1. The molecule has 8 heteroatoms. The van der Waals surface area contributed by atoms with E-state index in [-0.39, 0.29) is 23.9 Å². The molecule has 0 spiro atoms. The second-order valence-electron chi connectivity index (χ2n) is 7.06. The van der Waals surface area contributed by atoms with Crippen LogP contribution in [0.1, 0.15) is 36.1 Å². The largest absolute Gasteiger partial charge is 0.352 e. The van der Waals surface area contributed by atoms with Crippen LogP contribution in [0.4, 0.5) is 8.78 Å². The zero-order chi connectivity index (χ0) is 19.9. The van der Waals surface area contributed by atoms with Crippen LogP contribution in [0.2, 0.25) is 5.02 Å². The Bertz CT molecular complexity index is 805. The molecule has 1 aliphatic heterocycles. The van der Waals surface area contributed by atoms with E-state index in [1.165, 1.54) is 37.5 Å². The number of rotatable bonds is 8. The van der Waals surface area contributed by atoms with Gasteiger partial charge in [-0.2, -0.15) is 5.10 Å². The van der Waals surface area contributed by atoms with Crippen LogP contribution in [-0.4, -0.2) is 40.2 Å². The standard InChI is InChI=1S/C20H25ClF2N4O/c21-18-11-17(23)5-4-15(18)13-24-20(28)10-16-14-25-27(19(16)12-22)9-8-26-6-2-1-3-7-26/h4-5,11,14H,1-3,6-10,12-13H2,(H,24,28). The highest BCUT2D eigenvalue weighted by molar-refractivity contribution is 6.31. The Kier molecular flexibility index (Phi) is 7.39. The lowest BCUT2D eigenvalue weighted by Crippen LogP contribution is -2.33. The number of hydrogen-bond acceptors (Lipinski definition) is 3. The summed E-state index contributed by atoms with van der Waals surface area (Å²) < 4.78 is 28.3. The normalized spacial score (nSPS) is 15.0. The number of halogens is 3. The molecule has 28 heavy (non-hydrogen) atoms. The van der Waals surface area contributed by atoms with Crippen LogP contribution in [0.25, 0.3) is 0 Å². The molecule has 1 amide bonds. The van der Waals surface area contributed by atoms with Gasteiger partial charge in [0.2, 0.25) is 5.91 Å². The van der Waals surface area contributed by atoms with Crippen molar-refractivity contribution in [3.8, 4) is 0 Å². The van der Waals surface area contributed by atoms with Crippen LogP contribution in [0, 0.1) is 5.82 Å². The summed E-state index contributed by atoms with van der Waals surface area (Å²) in [4.78, 5) is 14.6. The lowest BCUT2D eigenvalue weighted by Gasteiger charge is -2.26. The highest BCUT2D eigenvalue weighted by Gasteiger charge is 2.16. The Morgan fingerprint density at radius 3 is 2.68 bits per heavy atom. The van der Waals surface area contributed by atoms with Gasteiger partial charge in [-0.15, -0.1) is 0 Å². The van der Waals surface area contributed by atoms with Gasteiger partial charge >= 0.3 is 0 Å². The Labute approximate surface area is 168 Å². The minimum atomic E-state index is -0.660. The summed E-state index contributed by atoms with van der Waals surface area (Å²) in [6.45, 7) is 3.13. The van der Waals surface area contributed by atoms with E-state index in [1.54, 1.807) is 10.9 Å². The van der Waals surface area contributed by atoms with Crippen molar-refractivity contribution >= 4 is 17.5 Å². The average molecular weight is 411 g/mol. The summed E-state index contributed by atoms with van der Waals surface area (Å²) in [5.41, 5.74) is 1.66. The van der Waals surface area contributed by atoms with Gasteiger partial charge in [-0.3, -0.25) is 9.48 Å². The predicted octanol–water partition coefficient (Wildman–Crippen LogP) is 3.49. The molecule has 0 unspecified atom stereocenters. The number of alkyl halides is 1. The second-order valence-corrected chi connectivity index (χ2v) is 7.47. The third-order valence-electron chi connectivity index (χ3n) is 5.08. The number of nitrogens with zero attached hydrogens (tertiary/aromatic N) is 3. The van der Waals surface area contributed by atoms with Crippen molar-refractivity contribution in [2.24, 2.45) is 0 Å². The summed E-state index contributed by atoms with van der Waals surface area (Å²) in [7, 11) is 0. The van der Waals surface area contributed by atoms with Gasteiger partial charge in [0.25, 0.3) is 0 Å². The molecule has 1 aromatic heterocycles. The SMILES string of the molecule is O=C(Cc1cnn(CCN2CCCCC2)c1CF)NCc1ccc(F)cc1Cl. The van der Waals surface area contributed by atoms with E-state index in [1.807, 2.05) is 0 Å². The van der Waals surface area contributed by atoms with Crippen molar-refractivity contribution in [2.75, 3.05) is 19.6 Å². The highest BCUT2D eigenvalue weighted by atomic mass is 35.5. The van der Waals surface area contributed by atoms with E-state index in [4.69, 9.17) is 11.6 Å². The Balaban J connectivity index is 1.54. The fraction of sp³-hybridized carbons (Fsp3) is 0.500. The van der Waals surface area contributed by atoms with Gasteiger partial charge in [-0.25, -0.2) is 8.78 Å². The number of nitrogens with one attached hydrogen (secondary N) is 1. The van der Waals surface area contributed by atoms with Crippen molar-refractivity contribution in [2.45, 2.75) is 45.4 Å². The van der Waals surface area contributed by atoms with Crippen LogP contribution in [-0.2, 0) is 31.0 Å². The highest BCUT2D eigenvalue weighted by Crippen LogP contribution is 2.17. The third kappa shape index (κ3) is 5.52. The molecule has 1 fully saturated rings. The van der Waals surface area contributed by atoms with Crippen molar-refractivity contribution in [1.29, 1.82) is 0 Å². The van der Waals surface area contributed by atoms with E-state index < -0.39 is 12.5 Å². The van der Waals surface area contributed by atoms with Gasteiger partial charge in [0, 0.05) is 23.7 Å². The van der Waals surface area contributed by atoms with Crippen LogP contribution >= 0.6 is 11.6 Å². The number of amides is 1. The van der Waals surface area contributed by atoms with E-state index >= 15 is 0 Å². The lowest BCUT2D eigenvalue weighted by molar-refractivity contribution is -0.120. The molecular formula is C20H25ClF2N4O. The van der Waals surface area contributed by atoms with Gasteiger partial charge in [0.05, 0.1) is 24.9 Å². The van der Waals surface area contributed by atoms with Crippen molar-refractivity contribution in [3.05, 3.63) is 52.1 Å². The fourth-order valence-corrected chi connectivity index (χ4v) is 3.69. The first-order valence-corrected chi connectivity index (χ1v) is 9.97. The molecule has 2 heterocycles. The van der Waals surface area contributed by atoms with Crippen molar-refractivity contribution < 1.29 is 13.6 Å². The summed E-state index contributed by atoms with van der Waals surface area (Å²) in [6, 6.07) is 4.03. The van der Waals surface area contributed by atoms with Gasteiger partial charge in [0.1, 0.15) is 12.5 Å². The minimum Gasteiger partial charge on any atom is -0.352 e. The maximum Gasteiger partial charge on any atom is 0.224 e. The summed E-state index contributed by atoms with van der Waals surface area (Å²) in [5.74, 6) is -0.685. The minimum absolute atomic E-state index is 0.0434. The van der Waals surface area contributed by atoms with Gasteiger partial charge in [0.15, 0.2) is 0 Å². The molecular weight excluding hydrogens is 386 g/mol. The molecule has 0 atom stereocenters. The number of likely N-dealkylation sites (tertiary alicyclic amines) is 1. The van der Waals surface area contributed by atoms with E-state index in [0.29, 0.717) is 23.4 Å². The Morgan fingerprint density at radius 2 is 1.96 bits per heavy atom. The first-order chi connectivity index (χ1) is 13.6. The van der Waals surface area contributed by atoms with Crippen molar-refractivity contribution in [3.63, 3.8) is 0 Å². The molecule has 0 saturated carbocycles. The smallest absolute Gasteiger partial charge is 0.224 e. The van der Waals surface area contributed by atoms with Crippen LogP contribution in [0.15, 0.2) is 24.4 Å². The molecule has 0 bridgehead atoms. The first-order valence-electron chi connectivity index (χ1n) is 9.59. The van der Waals surface area contributed by atoms with Gasteiger partial charge < -0.3 is 10.2 Å². The maximum absolute atomic E-state index is 13.6. The predicted molar refractivity (Wildman–Crippen MR) is 104 cm³/mol. The van der Waals surface area contributed by atoms with Crippen LogP contribution in [0.5, 0.6) is 0 Å². The maximum atomic E-state index is 13.6. The number of carbonyl (C=O) groups excluding carboxylic acids is 1. The molecule has 0 radical (unpaired) electrons. The van der Waals surface area contributed by atoms with Gasteiger partial charge in [-0.05, 0) is 43.6 Å². The van der Waals surface area contributed by atoms with Crippen LogP contribution in [0.3, 0.4) is 0 Å². The molecule has 1 saturated heterocycles. The Morgan fingerprint density at radius 1 is 1.18 bits per heavy atom. The zero-order valence-corrected chi connectivity index (χ0v) is 16.5. The molecule has 2 aromatic rings. The number of aromatic nitrogens is 2. The van der Waals surface area contributed by atoms with Crippen molar-refractivity contribution in [1.82, 2.24) is 20.0 Å². The summed E-state index contributed by atoms with van der Waals surface area (Å²) in [6.07, 6.45) is 5.30. The molecule has 5 nitrogen and oxygen atoms in total. The lowest BCUT2D eigenvalue weighted by atomic mass is 10.1. The fourth-order valence-electron chi connectivity index (χ4n) is 3.46. The molecule has 152 valence electrons. The molecule has 0 aliphatic carbocycles. The third-order valence-corrected chi connectivity index (χ3v) is 5.43. The van der Waals surface area contributed by atoms with E-state index in [9.17, 15) is 13.6 Å². The van der Waals surface area contributed by atoms with E-state index in [2.05, 4.69) is 15.3 Å². The Hall–Kier alpha value is -1.99. The molecule has 1 aromatic carbocycles. The topological polar surface area (TPSA) is 50.2 Å². The second kappa shape index (κ2) is 9.98. The first kappa shape index (κ1) is 20.7. The van der Waals surface area contributed by atoms with E-state index in [0.717, 1.165) is 19.6 Å². The number of hydrogen-bond donors (Lipinski definition) is 1. The monoisotopic (exact) mass is 410 g/mol. The zero-order valence-electron chi connectivity index (χ0n) is 15.8.